The van der Waals surface area contributed by atoms with Gasteiger partial charge in [0, 0.05) is 19.3 Å². The van der Waals surface area contributed by atoms with E-state index >= 15 is 0 Å². The van der Waals surface area contributed by atoms with E-state index in [0.29, 0.717) is 5.56 Å². The third kappa shape index (κ3) is 2.21. The van der Waals surface area contributed by atoms with Crippen LogP contribution in [-0.2, 0) is 0 Å². The maximum Gasteiger partial charge on any atom is 0.225 e. The van der Waals surface area contributed by atoms with Crippen molar-refractivity contribution in [3.05, 3.63) is 17.5 Å². The fourth-order valence-electron chi connectivity index (χ4n) is 1.94. The lowest BCUT2D eigenvalue weighted by atomic mass is 10.00. The van der Waals surface area contributed by atoms with Crippen LogP contribution in [0.25, 0.3) is 0 Å². The standard InChI is InChI=1S/C12H17N3O/c1-9-3-5-15(6-4-9)12-13-7-11(8-16)10(2)14-12/h7-9H,3-6H2,1-2H3. The Morgan fingerprint density at radius 3 is 2.69 bits per heavy atom. The van der Waals surface area contributed by atoms with Gasteiger partial charge in [-0.25, -0.2) is 9.97 Å². The fraction of sp³-hybridized carbons (Fsp3) is 0.583. The van der Waals surface area contributed by atoms with Crippen LogP contribution in [-0.4, -0.2) is 29.3 Å². The first-order valence-electron chi connectivity index (χ1n) is 5.74. The molecule has 0 spiro atoms. The molecule has 0 N–H and O–H groups in total. The van der Waals surface area contributed by atoms with Crippen molar-refractivity contribution < 1.29 is 4.79 Å². The van der Waals surface area contributed by atoms with Crippen molar-refractivity contribution in [1.82, 2.24) is 9.97 Å². The largest absolute Gasteiger partial charge is 0.341 e. The average molecular weight is 219 g/mol. The van der Waals surface area contributed by atoms with Crippen LogP contribution >= 0.6 is 0 Å². The Kier molecular flexibility index (Phi) is 3.17. The topological polar surface area (TPSA) is 46.1 Å². The molecule has 4 nitrogen and oxygen atoms in total. The Morgan fingerprint density at radius 1 is 1.44 bits per heavy atom. The summed E-state index contributed by atoms with van der Waals surface area (Å²) >= 11 is 0. The molecule has 2 rings (SSSR count). The number of nitrogens with zero attached hydrogens (tertiary/aromatic N) is 3. The predicted octanol–water partition coefficient (Wildman–Crippen LogP) is 1.83. The second-order valence-corrected chi connectivity index (χ2v) is 4.50. The summed E-state index contributed by atoms with van der Waals surface area (Å²) in [6, 6.07) is 0. The number of aryl methyl sites for hydroxylation is 1. The number of anilines is 1. The first-order chi connectivity index (χ1) is 7.70. The molecule has 1 fully saturated rings. The normalized spacial score (nSPS) is 17.5. The number of carbonyl (C=O) groups excluding carboxylic acids is 1. The number of aldehydes is 1. The van der Waals surface area contributed by atoms with Crippen LogP contribution in [0, 0.1) is 12.8 Å². The molecular weight excluding hydrogens is 202 g/mol. The van der Waals surface area contributed by atoms with Crippen molar-refractivity contribution in [2.24, 2.45) is 5.92 Å². The molecule has 4 heteroatoms. The van der Waals surface area contributed by atoms with Crippen molar-refractivity contribution in [1.29, 1.82) is 0 Å². The summed E-state index contributed by atoms with van der Waals surface area (Å²) in [5, 5.41) is 0. The molecule has 1 aromatic rings. The van der Waals surface area contributed by atoms with E-state index in [1.807, 2.05) is 6.92 Å². The van der Waals surface area contributed by atoms with Gasteiger partial charge in [0.15, 0.2) is 6.29 Å². The van der Waals surface area contributed by atoms with E-state index in [0.717, 1.165) is 36.9 Å². The van der Waals surface area contributed by atoms with Crippen molar-refractivity contribution in [3.63, 3.8) is 0 Å². The van der Waals surface area contributed by atoms with Gasteiger partial charge in [-0.1, -0.05) is 6.92 Å². The van der Waals surface area contributed by atoms with Crippen molar-refractivity contribution in [2.45, 2.75) is 26.7 Å². The van der Waals surface area contributed by atoms with Gasteiger partial charge < -0.3 is 4.90 Å². The number of aromatic nitrogens is 2. The molecule has 0 unspecified atom stereocenters. The number of rotatable bonds is 2. The molecule has 1 aliphatic heterocycles. The molecule has 16 heavy (non-hydrogen) atoms. The van der Waals surface area contributed by atoms with Crippen LogP contribution in [0.2, 0.25) is 0 Å². The molecule has 0 radical (unpaired) electrons. The number of hydrogen-bond donors (Lipinski definition) is 0. The van der Waals surface area contributed by atoms with E-state index in [1.54, 1.807) is 6.20 Å². The van der Waals surface area contributed by atoms with Crippen LogP contribution in [0.15, 0.2) is 6.20 Å². The van der Waals surface area contributed by atoms with Gasteiger partial charge >= 0.3 is 0 Å². The van der Waals surface area contributed by atoms with Crippen LogP contribution in [0.4, 0.5) is 5.95 Å². The molecule has 86 valence electrons. The Balaban J connectivity index is 2.15. The average Bonchev–Trinajstić information content (AvgIpc) is 2.30. The third-order valence-electron chi connectivity index (χ3n) is 3.20. The summed E-state index contributed by atoms with van der Waals surface area (Å²) in [7, 11) is 0. The quantitative estimate of drug-likeness (QED) is 0.712. The summed E-state index contributed by atoms with van der Waals surface area (Å²) < 4.78 is 0. The predicted molar refractivity (Wildman–Crippen MR) is 62.8 cm³/mol. The molecule has 2 heterocycles. The molecule has 1 aliphatic rings. The zero-order chi connectivity index (χ0) is 11.5. The molecular formula is C12H17N3O. The van der Waals surface area contributed by atoms with E-state index in [-0.39, 0.29) is 0 Å². The Hall–Kier alpha value is -1.45. The second-order valence-electron chi connectivity index (χ2n) is 4.50. The number of carbonyl (C=O) groups is 1. The van der Waals surface area contributed by atoms with Gasteiger partial charge in [0.1, 0.15) is 0 Å². The molecule has 0 atom stereocenters. The van der Waals surface area contributed by atoms with Crippen LogP contribution in [0.3, 0.4) is 0 Å². The smallest absolute Gasteiger partial charge is 0.225 e. The van der Waals surface area contributed by atoms with Crippen LogP contribution in [0.5, 0.6) is 0 Å². The van der Waals surface area contributed by atoms with Gasteiger partial charge in [-0.2, -0.15) is 0 Å². The summed E-state index contributed by atoms with van der Waals surface area (Å²) in [5.74, 6) is 1.56. The van der Waals surface area contributed by atoms with E-state index in [2.05, 4.69) is 21.8 Å². The summed E-state index contributed by atoms with van der Waals surface area (Å²) in [6.45, 7) is 6.16. The number of piperidine rings is 1. The number of hydrogen-bond acceptors (Lipinski definition) is 4. The van der Waals surface area contributed by atoms with Crippen LogP contribution < -0.4 is 4.90 Å². The fourth-order valence-corrected chi connectivity index (χ4v) is 1.94. The SMILES string of the molecule is Cc1nc(N2CCC(C)CC2)ncc1C=O. The summed E-state index contributed by atoms with van der Waals surface area (Å²) in [5.41, 5.74) is 1.34. The van der Waals surface area contributed by atoms with E-state index < -0.39 is 0 Å². The van der Waals surface area contributed by atoms with Crippen LogP contribution in [0.1, 0.15) is 35.8 Å². The van der Waals surface area contributed by atoms with Crippen molar-refractivity contribution in [3.8, 4) is 0 Å². The first-order valence-corrected chi connectivity index (χ1v) is 5.74. The lowest BCUT2D eigenvalue weighted by Gasteiger charge is -2.30. The van der Waals surface area contributed by atoms with Gasteiger partial charge in [-0.3, -0.25) is 4.79 Å². The van der Waals surface area contributed by atoms with E-state index in [4.69, 9.17) is 0 Å². The minimum Gasteiger partial charge on any atom is -0.341 e. The molecule has 1 aromatic heterocycles. The Bertz CT molecular complexity index is 384. The molecule has 0 amide bonds. The van der Waals surface area contributed by atoms with E-state index in [1.165, 1.54) is 12.8 Å². The Morgan fingerprint density at radius 2 is 2.12 bits per heavy atom. The summed E-state index contributed by atoms with van der Waals surface area (Å²) in [6.07, 6.45) is 4.80. The van der Waals surface area contributed by atoms with Gasteiger partial charge in [-0.15, -0.1) is 0 Å². The zero-order valence-electron chi connectivity index (χ0n) is 9.81. The molecule has 0 saturated carbocycles. The van der Waals surface area contributed by atoms with Gasteiger partial charge in [0.05, 0.1) is 11.3 Å². The maximum absolute atomic E-state index is 10.7. The Labute approximate surface area is 95.7 Å². The molecule has 0 aromatic carbocycles. The lowest BCUT2D eigenvalue weighted by molar-refractivity contribution is 0.112. The lowest BCUT2D eigenvalue weighted by Crippen LogP contribution is -2.34. The molecule has 1 saturated heterocycles. The summed E-state index contributed by atoms with van der Waals surface area (Å²) in [4.78, 5) is 21.5. The van der Waals surface area contributed by atoms with E-state index in [9.17, 15) is 4.79 Å². The minimum atomic E-state index is 0.578. The monoisotopic (exact) mass is 219 g/mol. The molecule has 0 bridgehead atoms. The third-order valence-corrected chi connectivity index (χ3v) is 3.20. The van der Waals surface area contributed by atoms with Crippen molar-refractivity contribution >= 4 is 12.2 Å². The van der Waals surface area contributed by atoms with Gasteiger partial charge in [0.2, 0.25) is 5.95 Å². The highest BCUT2D eigenvalue weighted by Crippen LogP contribution is 2.20. The highest BCUT2D eigenvalue weighted by atomic mass is 16.1. The highest BCUT2D eigenvalue weighted by Gasteiger charge is 2.18. The highest BCUT2D eigenvalue weighted by molar-refractivity contribution is 5.75. The zero-order valence-corrected chi connectivity index (χ0v) is 9.81. The minimum absolute atomic E-state index is 0.578. The van der Waals surface area contributed by atoms with Gasteiger partial charge in [-0.05, 0) is 25.7 Å². The van der Waals surface area contributed by atoms with Gasteiger partial charge in [0.25, 0.3) is 0 Å². The van der Waals surface area contributed by atoms with Crippen molar-refractivity contribution in [2.75, 3.05) is 18.0 Å². The maximum atomic E-state index is 10.7. The molecule has 0 aliphatic carbocycles. The first kappa shape index (κ1) is 11.0. The second kappa shape index (κ2) is 4.60.